The molecule has 1 aliphatic carbocycles. The lowest BCUT2D eigenvalue weighted by Gasteiger charge is -2.41. The van der Waals surface area contributed by atoms with Crippen LogP contribution in [0.5, 0.6) is 0 Å². The number of carbonyl (C=O) groups is 1. The van der Waals surface area contributed by atoms with Gasteiger partial charge in [-0.2, -0.15) is 0 Å². The molecule has 2 aliphatic rings. The Morgan fingerprint density at radius 2 is 1.55 bits per heavy atom. The zero-order valence-electron chi connectivity index (χ0n) is 13.8. The normalized spacial score (nSPS) is 35.4. The maximum Gasteiger partial charge on any atom is 0.237 e. The molecule has 1 saturated carbocycles. The van der Waals surface area contributed by atoms with Crippen molar-refractivity contribution in [1.29, 1.82) is 0 Å². The van der Waals surface area contributed by atoms with E-state index >= 15 is 0 Å². The van der Waals surface area contributed by atoms with Crippen LogP contribution in [-0.4, -0.2) is 47.4 Å². The predicted octanol–water partition coefficient (Wildman–Crippen LogP) is 3.29. The zero-order chi connectivity index (χ0) is 14.7. The lowest BCUT2D eigenvalue weighted by atomic mass is 9.87. The van der Waals surface area contributed by atoms with Gasteiger partial charge in [-0.25, -0.2) is 0 Å². The van der Waals surface area contributed by atoms with Crippen molar-refractivity contribution < 1.29 is 4.79 Å². The molecule has 0 N–H and O–H groups in total. The number of nitrogens with zero attached hydrogens (tertiary/aromatic N) is 2. The van der Waals surface area contributed by atoms with Gasteiger partial charge in [-0.1, -0.05) is 6.92 Å². The summed E-state index contributed by atoms with van der Waals surface area (Å²) in [5.74, 6) is 1.21. The molecule has 2 unspecified atom stereocenters. The van der Waals surface area contributed by atoms with E-state index in [1.807, 2.05) is 0 Å². The van der Waals surface area contributed by atoms with Gasteiger partial charge in [0.25, 0.3) is 0 Å². The Bertz CT molecular complexity index is 313. The maximum atomic E-state index is 12.6. The van der Waals surface area contributed by atoms with E-state index in [4.69, 9.17) is 0 Å². The van der Waals surface area contributed by atoms with Crippen molar-refractivity contribution >= 4 is 5.91 Å². The van der Waals surface area contributed by atoms with E-state index in [0.29, 0.717) is 30.6 Å². The molecule has 0 spiro atoms. The lowest BCUT2D eigenvalue weighted by Crippen LogP contribution is -2.52. The molecule has 1 aliphatic heterocycles. The second-order valence-corrected chi connectivity index (χ2v) is 7.26. The summed E-state index contributed by atoms with van der Waals surface area (Å²) < 4.78 is 0. The molecule has 0 radical (unpaired) electrons. The fourth-order valence-corrected chi connectivity index (χ4v) is 4.02. The van der Waals surface area contributed by atoms with E-state index in [9.17, 15) is 4.79 Å². The number of amides is 1. The minimum atomic E-state index is 0.339. The summed E-state index contributed by atoms with van der Waals surface area (Å²) in [5.41, 5.74) is 0. The number of hydrogen-bond acceptors (Lipinski definition) is 2. The van der Waals surface area contributed by atoms with E-state index in [0.717, 1.165) is 5.92 Å². The topological polar surface area (TPSA) is 23.6 Å². The first-order valence-electron chi connectivity index (χ1n) is 8.50. The molecule has 2 fully saturated rings. The average Bonchev–Trinajstić information content (AvgIpc) is 2.39. The molecular formula is C17H32N2O. The van der Waals surface area contributed by atoms with E-state index in [1.54, 1.807) is 0 Å². The SMILES string of the molecule is CC1CCC(N(C)CC(=O)N2C(C)CCCC2C)CC1. The molecule has 0 bridgehead atoms. The Morgan fingerprint density at radius 1 is 1.00 bits per heavy atom. The molecular weight excluding hydrogens is 248 g/mol. The second-order valence-electron chi connectivity index (χ2n) is 7.26. The van der Waals surface area contributed by atoms with Gasteiger partial charge in [-0.05, 0) is 71.8 Å². The summed E-state index contributed by atoms with van der Waals surface area (Å²) in [4.78, 5) is 17.1. The van der Waals surface area contributed by atoms with Gasteiger partial charge >= 0.3 is 0 Å². The Labute approximate surface area is 124 Å². The van der Waals surface area contributed by atoms with Crippen LogP contribution in [-0.2, 0) is 4.79 Å². The van der Waals surface area contributed by atoms with Crippen molar-refractivity contribution in [2.45, 2.75) is 83.8 Å². The van der Waals surface area contributed by atoms with Crippen LogP contribution in [0.15, 0.2) is 0 Å². The summed E-state index contributed by atoms with van der Waals surface area (Å²) in [6, 6.07) is 1.46. The summed E-state index contributed by atoms with van der Waals surface area (Å²) >= 11 is 0. The van der Waals surface area contributed by atoms with Crippen molar-refractivity contribution in [2.75, 3.05) is 13.6 Å². The van der Waals surface area contributed by atoms with Crippen molar-refractivity contribution in [2.24, 2.45) is 5.92 Å². The number of carbonyl (C=O) groups excluding carboxylic acids is 1. The van der Waals surface area contributed by atoms with Crippen LogP contribution in [0.3, 0.4) is 0 Å². The fourth-order valence-electron chi connectivity index (χ4n) is 4.02. The van der Waals surface area contributed by atoms with Gasteiger partial charge in [0, 0.05) is 18.1 Å². The summed E-state index contributed by atoms with van der Waals surface area (Å²) in [7, 11) is 2.14. The predicted molar refractivity (Wildman–Crippen MR) is 83.7 cm³/mol. The quantitative estimate of drug-likeness (QED) is 0.792. The maximum absolute atomic E-state index is 12.6. The minimum Gasteiger partial charge on any atom is -0.336 e. The van der Waals surface area contributed by atoms with E-state index < -0.39 is 0 Å². The van der Waals surface area contributed by atoms with E-state index in [-0.39, 0.29) is 0 Å². The highest BCUT2D eigenvalue weighted by Gasteiger charge is 2.30. The molecule has 0 aromatic rings. The molecule has 20 heavy (non-hydrogen) atoms. The number of likely N-dealkylation sites (N-methyl/N-ethyl adjacent to an activating group) is 1. The number of piperidine rings is 1. The summed E-state index contributed by atoms with van der Waals surface area (Å²) in [6.07, 6.45) is 8.76. The van der Waals surface area contributed by atoms with Gasteiger partial charge in [-0.15, -0.1) is 0 Å². The number of rotatable bonds is 3. The summed E-state index contributed by atoms with van der Waals surface area (Å²) in [6.45, 7) is 7.36. The highest BCUT2D eigenvalue weighted by molar-refractivity contribution is 5.79. The largest absolute Gasteiger partial charge is 0.336 e. The highest BCUT2D eigenvalue weighted by Crippen LogP contribution is 2.27. The lowest BCUT2D eigenvalue weighted by molar-refractivity contribution is -0.138. The smallest absolute Gasteiger partial charge is 0.237 e. The Hall–Kier alpha value is -0.570. The fraction of sp³-hybridized carbons (Fsp3) is 0.941. The van der Waals surface area contributed by atoms with Crippen LogP contribution in [0.25, 0.3) is 0 Å². The van der Waals surface area contributed by atoms with Crippen LogP contribution < -0.4 is 0 Å². The third-order valence-electron chi connectivity index (χ3n) is 5.47. The van der Waals surface area contributed by atoms with Crippen molar-refractivity contribution in [3.8, 4) is 0 Å². The Morgan fingerprint density at radius 3 is 2.10 bits per heavy atom. The van der Waals surface area contributed by atoms with E-state index in [1.165, 1.54) is 44.9 Å². The number of hydrogen-bond donors (Lipinski definition) is 0. The third-order valence-corrected chi connectivity index (χ3v) is 5.47. The molecule has 116 valence electrons. The van der Waals surface area contributed by atoms with Gasteiger partial charge in [0.05, 0.1) is 6.54 Å². The van der Waals surface area contributed by atoms with Gasteiger partial charge in [0.2, 0.25) is 5.91 Å². The van der Waals surface area contributed by atoms with Gasteiger partial charge in [0.15, 0.2) is 0 Å². The van der Waals surface area contributed by atoms with Crippen molar-refractivity contribution in [3.05, 3.63) is 0 Å². The molecule has 2 atom stereocenters. The average molecular weight is 280 g/mol. The first kappa shape index (κ1) is 15.8. The molecule has 0 aromatic heterocycles. The van der Waals surface area contributed by atoms with Gasteiger partial charge in [-0.3, -0.25) is 9.69 Å². The zero-order valence-corrected chi connectivity index (χ0v) is 13.8. The van der Waals surface area contributed by atoms with Gasteiger partial charge < -0.3 is 4.90 Å². The van der Waals surface area contributed by atoms with Crippen LogP contribution in [0.1, 0.15) is 65.7 Å². The van der Waals surface area contributed by atoms with Gasteiger partial charge in [0.1, 0.15) is 0 Å². The monoisotopic (exact) mass is 280 g/mol. The molecule has 1 amide bonds. The van der Waals surface area contributed by atoms with Crippen molar-refractivity contribution in [1.82, 2.24) is 9.80 Å². The molecule has 1 heterocycles. The van der Waals surface area contributed by atoms with Crippen LogP contribution >= 0.6 is 0 Å². The molecule has 3 nitrogen and oxygen atoms in total. The Balaban J connectivity index is 1.86. The second kappa shape index (κ2) is 6.93. The molecule has 2 rings (SSSR count). The Kier molecular flexibility index (Phi) is 5.48. The third kappa shape index (κ3) is 3.75. The minimum absolute atomic E-state index is 0.339. The summed E-state index contributed by atoms with van der Waals surface area (Å²) in [5, 5.41) is 0. The molecule has 1 saturated heterocycles. The first-order chi connectivity index (χ1) is 9.49. The molecule has 0 aromatic carbocycles. The number of likely N-dealkylation sites (tertiary alicyclic amines) is 1. The molecule has 3 heteroatoms. The van der Waals surface area contributed by atoms with E-state index in [2.05, 4.69) is 37.6 Å². The van der Waals surface area contributed by atoms with Crippen LogP contribution in [0, 0.1) is 5.92 Å². The van der Waals surface area contributed by atoms with Crippen LogP contribution in [0.2, 0.25) is 0 Å². The highest BCUT2D eigenvalue weighted by atomic mass is 16.2. The standard InChI is InChI=1S/C17H32N2O/c1-13-8-10-16(11-9-13)18(4)12-17(20)19-14(2)6-5-7-15(19)3/h13-16H,5-12H2,1-4H3. The first-order valence-corrected chi connectivity index (χ1v) is 8.50. The van der Waals surface area contributed by atoms with Crippen LogP contribution in [0.4, 0.5) is 0 Å². The van der Waals surface area contributed by atoms with Crippen molar-refractivity contribution in [3.63, 3.8) is 0 Å².